The van der Waals surface area contributed by atoms with Crippen LogP contribution in [0, 0.1) is 13.8 Å². The smallest absolute Gasteiger partial charge is 0.230 e. The molecule has 0 radical (unpaired) electrons. The zero-order valence-corrected chi connectivity index (χ0v) is 16.2. The number of allylic oxidation sites excluding steroid dienone is 1. The third-order valence-corrected chi connectivity index (χ3v) is 5.65. The molecule has 26 heavy (non-hydrogen) atoms. The highest BCUT2D eigenvalue weighted by atomic mass is 32.2. The van der Waals surface area contributed by atoms with Gasteiger partial charge in [-0.3, -0.25) is 4.79 Å². The fourth-order valence-corrected chi connectivity index (χ4v) is 3.77. The maximum atomic E-state index is 12.1. The van der Waals surface area contributed by atoms with Gasteiger partial charge in [-0.15, -0.1) is 5.10 Å². The molecule has 1 aromatic heterocycles. The van der Waals surface area contributed by atoms with Crippen LogP contribution in [0.15, 0.2) is 35.0 Å². The second-order valence-corrected chi connectivity index (χ2v) is 7.53. The minimum atomic E-state index is 0.0157. The summed E-state index contributed by atoms with van der Waals surface area (Å²) in [7, 11) is 0. The first kappa shape index (κ1) is 18.6. The minimum absolute atomic E-state index is 0.0157. The third-order valence-electron chi connectivity index (χ3n) is 4.73. The average molecular weight is 372 g/mol. The highest BCUT2D eigenvalue weighted by molar-refractivity contribution is 7.99. The van der Waals surface area contributed by atoms with Crippen molar-refractivity contribution < 1.29 is 4.79 Å². The summed E-state index contributed by atoms with van der Waals surface area (Å²) in [4.78, 5) is 12.1. The summed E-state index contributed by atoms with van der Waals surface area (Å²) in [5.41, 5.74) is 4.74. The summed E-state index contributed by atoms with van der Waals surface area (Å²) in [6, 6.07) is 6.03. The van der Waals surface area contributed by atoms with E-state index < -0.39 is 0 Å². The van der Waals surface area contributed by atoms with Crippen LogP contribution in [-0.2, 0) is 4.79 Å². The number of nitrogens with one attached hydrogen (secondary N) is 1. The summed E-state index contributed by atoms with van der Waals surface area (Å²) in [6.45, 7) is 4.81. The van der Waals surface area contributed by atoms with Gasteiger partial charge in [0.25, 0.3) is 0 Å². The molecule has 0 aliphatic heterocycles. The molecule has 0 spiro atoms. The standard InChI is InChI=1S/C19H25N5OS/c1-14-7-6-10-17(15(14)2)24-19(21-22-23-24)26-13-18(25)20-12-11-16-8-4-3-5-9-16/h6-8,10H,3-5,9,11-13H2,1-2H3,(H,20,25). The van der Waals surface area contributed by atoms with Crippen LogP contribution >= 0.6 is 11.8 Å². The van der Waals surface area contributed by atoms with E-state index in [9.17, 15) is 4.79 Å². The van der Waals surface area contributed by atoms with Crippen LogP contribution < -0.4 is 5.32 Å². The minimum Gasteiger partial charge on any atom is -0.355 e. The third kappa shape index (κ3) is 4.72. The molecule has 0 saturated heterocycles. The number of rotatable bonds is 7. The van der Waals surface area contributed by atoms with Gasteiger partial charge in [0.05, 0.1) is 11.4 Å². The Morgan fingerprint density at radius 2 is 2.19 bits per heavy atom. The van der Waals surface area contributed by atoms with Gasteiger partial charge in [0.1, 0.15) is 0 Å². The molecule has 1 amide bonds. The molecule has 1 aliphatic rings. The predicted molar refractivity (Wildman–Crippen MR) is 104 cm³/mol. The Bertz CT molecular complexity index is 799. The van der Waals surface area contributed by atoms with Crippen LogP contribution in [0.3, 0.4) is 0 Å². The van der Waals surface area contributed by atoms with E-state index in [1.807, 2.05) is 19.1 Å². The number of hydrogen-bond acceptors (Lipinski definition) is 5. The van der Waals surface area contributed by atoms with Crippen molar-refractivity contribution in [2.45, 2.75) is 51.1 Å². The van der Waals surface area contributed by atoms with Gasteiger partial charge in [0, 0.05) is 6.54 Å². The van der Waals surface area contributed by atoms with Crippen LogP contribution in [0.2, 0.25) is 0 Å². The van der Waals surface area contributed by atoms with Crippen molar-refractivity contribution in [2.75, 3.05) is 12.3 Å². The molecule has 6 nitrogen and oxygen atoms in total. The van der Waals surface area contributed by atoms with E-state index in [0.717, 1.165) is 17.7 Å². The van der Waals surface area contributed by atoms with Gasteiger partial charge in [0.2, 0.25) is 11.1 Å². The van der Waals surface area contributed by atoms with Gasteiger partial charge in [0.15, 0.2) is 0 Å². The number of carbonyl (C=O) groups excluding carboxylic acids is 1. The van der Waals surface area contributed by atoms with E-state index in [-0.39, 0.29) is 5.91 Å². The molecular weight excluding hydrogens is 346 g/mol. The van der Waals surface area contributed by atoms with Crippen molar-refractivity contribution in [3.63, 3.8) is 0 Å². The number of thioether (sulfide) groups is 1. The summed E-state index contributed by atoms with van der Waals surface area (Å²) < 4.78 is 1.70. The van der Waals surface area contributed by atoms with Crippen LogP contribution in [0.25, 0.3) is 5.69 Å². The van der Waals surface area contributed by atoms with Crippen molar-refractivity contribution >= 4 is 17.7 Å². The molecule has 2 aromatic rings. The molecule has 1 heterocycles. The maximum Gasteiger partial charge on any atom is 0.230 e. The lowest BCUT2D eigenvalue weighted by Crippen LogP contribution is -2.26. The normalized spacial score (nSPS) is 14.2. The fraction of sp³-hybridized carbons (Fsp3) is 0.474. The Morgan fingerprint density at radius 3 is 3.00 bits per heavy atom. The summed E-state index contributed by atoms with van der Waals surface area (Å²) >= 11 is 1.36. The van der Waals surface area contributed by atoms with Crippen molar-refractivity contribution in [1.82, 2.24) is 25.5 Å². The van der Waals surface area contributed by atoms with Gasteiger partial charge in [-0.05, 0) is 73.6 Å². The van der Waals surface area contributed by atoms with Crippen LogP contribution in [-0.4, -0.2) is 38.4 Å². The second kappa shape index (κ2) is 8.98. The van der Waals surface area contributed by atoms with Gasteiger partial charge in [-0.25, -0.2) is 0 Å². The number of aryl methyl sites for hydroxylation is 1. The maximum absolute atomic E-state index is 12.1. The molecule has 1 N–H and O–H groups in total. The number of carbonyl (C=O) groups is 1. The number of tetrazole rings is 1. The van der Waals surface area contributed by atoms with Gasteiger partial charge in [-0.2, -0.15) is 4.68 Å². The van der Waals surface area contributed by atoms with Gasteiger partial charge >= 0.3 is 0 Å². The molecule has 0 bridgehead atoms. The zero-order valence-electron chi connectivity index (χ0n) is 15.4. The summed E-state index contributed by atoms with van der Waals surface area (Å²) in [6.07, 6.45) is 8.20. The zero-order chi connectivity index (χ0) is 18.4. The lowest BCUT2D eigenvalue weighted by molar-refractivity contribution is -0.118. The van der Waals surface area contributed by atoms with Crippen molar-refractivity contribution in [1.29, 1.82) is 0 Å². The van der Waals surface area contributed by atoms with E-state index in [2.05, 4.69) is 39.9 Å². The number of amides is 1. The molecule has 0 unspecified atom stereocenters. The lowest BCUT2D eigenvalue weighted by atomic mass is 9.97. The van der Waals surface area contributed by atoms with Gasteiger partial charge < -0.3 is 5.32 Å². The summed E-state index contributed by atoms with van der Waals surface area (Å²) in [5.74, 6) is 0.325. The molecule has 0 saturated carbocycles. The largest absolute Gasteiger partial charge is 0.355 e. The number of benzene rings is 1. The number of hydrogen-bond donors (Lipinski definition) is 1. The van der Waals surface area contributed by atoms with E-state index >= 15 is 0 Å². The second-order valence-electron chi connectivity index (χ2n) is 6.59. The quantitative estimate of drug-likeness (QED) is 0.597. The molecular formula is C19H25N5OS. The van der Waals surface area contributed by atoms with Crippen molar-refractivity contribution in [3.05, 3.63) is 41.0 Å². The van der Waals surface area contributed by atoms with Crippen LogP contribution in [0.4, 0.5) is 0 Å². The van der Waals surface area contributed by atoms with Crippen LogP contribution in [0.5, 0.6) is 0 Å². The molecule has 1 aromatic carbocycles. The van der Waals surface area contributed by atoms with Gasteiger partial charge in [-0.1, -0.05) is 35.5 Å². The first-order valence-corrected chi connectivity index (χ1v) is 10.1. The molecule has 0 fully saturated rings. The molecule has 1 aliphatic carbocycles. The highest BCUT2D eigenvalue weighted by Gasteiger charge is 2.14. The number of aromatic nitrogens is 4. The van der Waals surface area contributed by atoms with Crippen molar-refractivity contribution in [2.24, 2.45) is 0 Å². The Kier molecular flexibility index (Phi) is 6.44. The molecule has 138 valence electrons. The van der Waals surface area contributed by atoms with E-state index in [4.69, 9.17) is 0 Å². The Morgan fingerprint density at radius 1 is 1.31 bits per heavy atom. The Labute approximate surface area is 158 Å². The van der Waals surface area contributed by atoms with E-state index in [1.54, 1.807) is 4.68 Å². The molecule has 0 atom stereocenters. The fourth-order valence-electron chi connectivity index (χ4n) is 3.06. The first-order valence-electron chi connectivity index (χ1n) is 9.07. The molecule has 7 heteroatoms. The Balaban J connectivity index is 1.52. The van der Waals surface area contributed by atoms with Crippen molar-refractivity contribution in [3.8, 4) is 5.69 Å². The number of nitrogens with zero attached hydrogens (tertiary/aromatic N) is 4. The molecule has 3 rings (SSSR count). The first-order chi connectivity index (χ1) is 12.6. The topological polar surface area (TPSA) is 72.7 Å². The monoisotopic (exact) mass is 371 g/mol. The highest BCUT2D eigenvalue weighted by Crippen LogP contribution is 2.22. The van der Waals surface area contributed by atoms with E-state index in [1.165, 1.54) is 48.6 Å². The lowest BCUT2D eigenvalue weighted by Gasteiger charge is -2.13. The summed E-state index contributed by atoms with van der Waals surface area (Å²) in [5, 5.41) is 15.5. The average Bonchev–Trinajstić information content (AvgIpc) is 3.11. The van der Waals surface area contributed by atoms with E-state index in [0.29, 0.717) is 17.5 Å². The SMILES string of the molecule is Cc1cccc(-n2nnnc2SCC(=O)NCCC2=CCCCC2)c1C. The Hall–Kier alpha value is -2.15. The predicted octanol–water partition coefficient (Wildman–Crippen LogP) is 3.38. The van der Waals surface area contributed by atoms with Crippen LogP contribution in [0.1, 0.15) is 43.2 Å².